The molecule has 0 saturated heterocycles. The summed E-state index contributed by atoms with van der Waals surface area (Å²) in [5.74, 6) is -4.18. The molecule has 1 unspecified atom stereocenters. The lowest BCUT2D eigenvalue weighted by Crippen LogP contribution is -2.46. The van der Waals surface area contributed by atoms with Crippen molar-refractivity contribution in [3.63, 3.8) is 0 Å². The van der Waals surface area contributed by atoms with Gasteiger partial charge in [0.25, 0.3) is 5.92 Å². The standard InChI is InChI=1S/C36H37ClF2O3/c1-2-41-32-16-13-26(14-17-32)19-30-20-29(15-18-35(30)37)34-22-33(42-24-28-11-7-4-8-12-28)21-31(36(34,38)39)25-40-23-27-9-5-3-6-10-27/h3-18,20,31,33-34H,2,19,21-25H2,1H3/t31?,33-,34+/m0/s1. The van der Waals surface area contributed by atoms with E-state index in [1.165, 1.54) is 0 Å². The topological polar surface area (TPSA) is 27.7 Å². The molecule has 1 saturated carbocycles. The second kappa shape index (κ2) is 14.3. The van der Waals surface area contributed by atoms with Crippen LogP contribution >= 0.6 is 11.6 Å². The molecule has 42 heavy (non-hydrogen) atoms. The van der Waals surface area contributed by atoms with Crippen molar-refractivity contribution >= 4 is 11.6 Å². The quantitative estimate of drug-likeness (QED) is 0.165. The van der Waals surface area contributed by atoms with Gasteiger partial charge in [0.2, 0.25) is 0 Å². The van der Waals surface area contributed by atoms with Crippen molar-refractivity contribution in [3.05, 3.63) is 136 Å². The second-order valence-electron chi connectivity index (χ2n) is 10.9. The van der Waals surface area contributed by atoms with Gasteiger partial charge in [-0.1, -0.05) is 96.5 Å². The Morgan fingerprint density at radius 3 is 2.12 bits per heavy atom. The van der Waals surface area contributed by atoms with E-state index in [9.17, 15) is 0 Å². The van der Waals surface area contributed by atoms with Gasteiger partial charge in [0, 0.05) is 10.9 Å². The van der Waals surface area contributed by atoms with Crippen LogP contribution in [0.1, 0.15) is 53.5 Å². The van der Waals surface area contributed by atoms with Gasteiger partial charge in [0.15, 0.2) is 0 Å². The first-order valence-corrected chi connectivity index (χ1v) is 14.9. The first kappa shape index (κ1) is 30.2. The number of alkyl halides is 2. The predicted octanol–water partition coefficient (Wildman–Crippen LogP) is 9.26. The molecule has 0 heterocycles. The van der Waals surface area contributed by atoms with E-state index in [2.05, 4.69) is 0 Å². The normalized spacial score (nSPS) is 19.9. The van der Waals surface area contributed by atoms with E-state index in [-0.39, 0.29) is 25.6 Å². The van der Waals surface area contributed by atoms with E-state index in [1.54, 1.807) is 12.1 Å². The minimum Gasteiger partial charge on any atom is -0.494 e. The fourth-order valence-corrected chi connectivity index (χ4v) is 5.85. The van der Waals surface area contributed by atoms with Crippen LogP contribution in [0.5, 0.6) is 5.75 Å². The smallest absolute Gasteiger partial charge is 0.260 e. The largest absolute Gasteiger partial charge is 0.494 e. The van der Waals surface area contributed by atoms with Crippen molar-refractivity contribution < 1.29 is 23.0 Å². The molecule has 6 heteroatoms. The fraction of sp³-hybridized carbons (Fsp3) is 0.333. The molecular formula is C36H37ClF2O3. The summed E-state index contributed by atoms with van der Waals surface area (Å²) in [5, 5.41) is 0.561. The van der Waals surface area contributed by atoms with Gasteiger partial charge in [-0.2, -0.15) is 0 Å². The van der Waals surface area contributed by atoms with Gasteiger partial charge < -0.3 is 14.2 Å². The van der Waals surface area contributed by atoms with Crippen LogP contribution in [0, 0.1) is 5.92 Å². The molecule has 0 radical (unpaired) electrons. The van der Waals surface area contributed by atoms with Crippen LogP contribution < -0.4 is 4.74 Å². The highest BCUT2D eigenvalue weighted by Gasteiger charge is 2.53. The minimum atomic E-state index is -2.98. The maximum atomic E-state index is 16.3. The third kappa shape index (κ3) is 7.77. The van der Waals surface area contributed by atoms with E-state index >= 15 is 8.78 Å². The molecule has 0 N–H and O–H groups in total. The lowest BCUT2D eigenvalue weighted by atomic mass is 9.73. The average molecular weight is 591 g/mol. The third-order valence-electron chi connectivity index (χ3n) is 7.92. The van der Waals surface area contributed by atoms with Crippen molar-refractivity contribution in [3.8, 4) is 5.75 Å². The molecule has 1 aliphatic rings. The summed E-state index contributed by atoms with van der Waals surface area (Å²) in [6, 6.07) is 32.6. The number of benzene rings is 4. The van der Waals surface area contributed by atoms with E-state index in [0.29, 0.717) is 36.8 Å². The zero-order chi connectivity index (χ0) is 29.4. The summed E-state index contributed by atoms with van der Waals surface area (Å²) < 4.78 is 50.2. The van der Waals surface area contributed by atoms with Crippen molar-refractivity contribution in [1.29, 1.82) is 0 Å². The fourth-order valence-electron chi connectivity index (χ4n) is 5.67. The SMILES string of the molecule is CCOc1ccc(Cc2cc([C@H]3C[C@@H](OCc4ccccc4)CC(COCc4ccccc4)C3(F)F)ccc2Cl)cc1. The van der Waals surface area contributed by atoms with E-state index in [1.807, 2.05) is 97.9 Å². The van der Waals surface area contributed by atoms with Crippen LogP contribution in [-0.2, 0) is 29.1 Å². The van der Waals surface area contributed by atoms with Gasteiger partial charge in [-0.05, 0) is 72.2 Å². The molecule has 0 aliphatic heterocycles. The van der Waals surface area contributed by atoms with Crippen LogP contribution in [0.4, 0.5) is 8.78 Å². The highest BCUT2D eigenvalue weighted by Crippen LogP contribution is 2.49. The molecule has 3 nitrogen and oxygen atoms in total. The predicted molar refractivity (Wildman–Crippen MR) is 163 cm³/mol. The van der Waals surface area contributed by atoms with Crippen LogP contribution in [0.15, 0.2) is 103 Å². The van der Waals surface area contributed by atoms with E-state index in [0.717, 1.165) is 28.0 Å². The maximum absolute atomic E-state index is 16.3. The van der Waals surface area contributed by atoms with Gasteiger partial charge in [0.05, 0.1) is 38.4 Å². The van der Waals surface area contributed by atoms with Gasteiger partial charge in [-0.15, -0.1) is 0 Å². The number of halogens is 3. The highest BCUT2D eigenvalue weighted by atomic mass is 35.5. The minimum absolute atomic E-state index is 0.0454. The Morgan fingerprint density at radius 2 is 1.45 bits per heavy atom. The summed E-state index contributed by atoms with van der Waals surface area (Å²) in [5.41, 5.74) is 4.41. The van der Waals surface area contributed by atoms with Crippen LogP contribution in [0.2, 0.25) is 5.02 Å². The Hall–Kier alpha value is -3.25. The lowest BCUT2D eigenvalue weighted by Gasteiger charge is -2.42. The summed E-state index contributed by atoms with van der Waals surface area (Å²) in [7, 11) is 0. The zero-order valence-corrected chi connectivity index (χ0v) is 24.6. The van der Waals surface area contributed by atoms with Crippen molar-refractivity contribution in [2.75, 3.05) is 13.2 Å². The summed E-state index contributed by atoms with van der Waals surface area (Å²) in [6.45, 7) is 3.16. The van der Waals surface area contributed by atoms with Crippen LogP contribution in [0.3, 0.4) is 0 Å². The van der Waals surface area contributed by atoms with Crippen molar-refractivity contribution in [2.45, 2.75) is 57.3 Å². The number of ether oxygens (including phenoxy) is 3. The molecule has 220 valence electrons. The Kier molecular flexibility index (Phi) is 10.3. The second-order valence-corrected chi connectivity index (χ2v) is 11.3. The van der Waals surface area contributed by atoms with Crippen LogP contribution in [-0.4, -0.2) is 25.2 Å². The molecular weight excluding hydrogens is 554 g/mol. The zero-order valence-electron chi connectivity index (χ0n) is 23.9. The number of rotatable bonds is 12. The first-order valence-electron chi connectivity index (χ1n) is 14.6. The van der Waals surface area contributed by atoms with Crippen molar-refractivity contribution in [1.82, 2.24) is 0 Å². The number of hydrogen-bond acceptors (Lipinski definition) is 3. The van der Waals surface area contributed by atoms with Gasteiger partial charge >= 0.3 is 0 Å². The summed E-state index contributed by atoms with van der Waals surface area (Å²) in [6.07, 6.45) is 0.664. The van der Waals surface area contributed by atoms with E-state index < -0.39 is 17.8 Å². The highest BCUT2D eigenvalue weighted by molar-refractivity contribution is 6.31. The molecule has 0 aromatic heterocycles. The molecule has 1 fully saturated rings. The first-order chi connectivity index (χ1) is 20.4. The van der Waals surface area contributed by atoms with E-state index in [4.69, 9.17) is 25.8 Å². The van der Waals surface area contributed by atoms with Gasteiger partial charge in [-0.25, -0.2) is 8.78 Å². The van der Waals surface area contributed by atoms with Gasteiger partial charge in [0.1, 0.15) is 5.75 Å². The molecule has 4 aromatic carbocycles. The van der Waals surface area contributed by atoms with Crippen LogP contribution in [0.25, 0.3) is 0 Å². The average Bonchev–Trinajstić information content (AvgIpc) is 3.00. The Balaban J connectivity index is 1.36. The summed E-state index contributed by atoms with van der Waals surface area (Å²) in [4.78, 5) is 0. The Morgan fingerprint density at radius 1 is 0.786 bits per heavy atom. The monoisotopic (exact) mass is 590 g/mol. The number of hydrogen-bond donors (Lipinski definition) is 0. The molecule has 0 spiro atoms. The molecule has 3 atom stereocenters. The third-order valence-corrected chi connectivity index (χ3v) is 8.28. The molecule has 1 aliphatic carbocycles. The maximum Gasteiger partial charge on any atom is 0.260 e. The Labute approximate surface area is 252 Å². The van der Waals surface area contributed by atoms with Crippen molar-refractivity contribution in [2.24, 2.45) is 5.92 Å². The van der Waals surface area contributed by atoms with Gasteiger partial charge in [-0.3, -0.25) is 0 Å². The molecule has 5 rings (SSSR count). The summed E-state index contributed by atoms with van der Waals surface area (Å²) >= 11 is 6.58. The molecule has 4 aromatic rings. The lowest BCUT2D eigenvalue weighted by molar-refractivity contribution is -0.161. The molecule has 0 amide bonds. The Bertz CT molecular complexity index is 1400. The molecule has 0 bridgehead atoms.